The molecule has 1 aliphatic carbocycles. The second kappa shape index (κ2) is 9.16. The zero-order valence-corrected chi connectivity index (χ0v) is 18.2. The molecule has 6 nitrogen and oxygen atoms in total. The third-order valence-corrected chi connectivity index (χ3v) is 5.41. The predicted molar refractivity (Wildman–Crippen MR) is 124 cm³/mol. The molecule has 31 heavy (non-hydrogen) atoms. The van der Waals surface area contributed by atoms with Crippen LogP contribution in [-0.4, -0.2) is 22.4 Å². The number of nitrogens with one attached hydrogen (secondary N) is 2. The predicted octanol–water partition coefficient (Wildman–Crippen LogP) is 5.69. The van der Waals surface area contributed by atoms with E-state index >= 15 is 0 Å². The highest BCUT2D eigenvalue weighted by atomic mass is 16.5. The molecule has 0 spiro atoms. The van der Waals surface area contributed by atoms with Gasteiger partial charge in [-0.25, -0.2) is 4.98 Å². The molecule has 0 fully saturated rings. The monoisotopic (exact) mass is 416 g/mol. The van der Waals surface area contributed by atoms with Crippen molar-refractivity contribution in [2.24, 2.45) is 5.92 Å². The van der Waals surface area contributed by atoms with Crippen LogP contribution in [0.1, 0.15) is 48.8 Å². The minimum atomic E-state index is 0.0952. The van der Waals surface area contributed by atoms with E-state index in [1.165, 1.54) is 5.56 Å². The van der Waals surface area contributed by atoms with Crippen LogP contribution in [0.4, 0.5) is 23.1 Å². The van der Waals surface area contributed by atoms with Crippen molar-refractivity contribution in [1.29, 1.82) is 0 Å². The highest BCUT2D eigenvalue weighted by Crippen LogP contribution is 2.32. The molecule has 0 amide bonds. The number of ketones is 1. The molecule has 0 aliphatic heterocycles. The van der Waals surface area contributed by atoms with Gasteiger partial charge in [0.25, 0.3) is 0 Å². The number of hydrogen-bond donors (Lipinski definition) is 2. The van der Waals surface area contributed by atoms with Gasteiger partial charge in [0.05, 0.1) is 17.9 Å². The second-order valence-corrected chi connectivity index (χ2v) is 7.87. The third-order valence-electron chi connectivity index (χ3n) is 5.41. The average molecular weight is 417 g/mol. The van der Waals surface area contributed by atoms with Crippen molar-refractivity contribution >= 4 is 28.9 Å². The number of nitrogens with zero attached hydrogens (tertiary/aromatic N) is 2. The molecule has 1 atom stereocenters. The number of para-hydroxylation sites is 1. The van der Waals surface area contributed by atoms with E-state index < -0.39 is 0 Å². The maximum absolute atomic E-state index is 12.9. The van der Waals surface area contributed by atoms with Gasteiger partial charge >= 0.3 is 0 Å². The summed E-state index contributed by atoms with van der Waals surface area (Å²) in [6.45, 7) is 6.78. The molecule has 1 heterocycles. The van der Waals surface area contributed by atoms with Crippen LogP contribution in [0.3, 0.4) is 0 Å². The van der Waals surface area contributed by atoms with E-state index in [9.17, 15) is 4.79 Å². The largest absolute Gasteiger partial charge is 0.494 e. The van der Waals surface area contributed by atoms with Crippen LogP contribution >= 0.6 is 0 Å². The Kier molecular flexibility index (Phi) is 6.16. The van der Waals surface area contributed by atoms with Crippen molar-refractivity contribution in [1.82, 2.24) is 9.97 Å². The molecule has 1 aliphatic rings. The number of fused-ring (bicyclic) bond motifs is 1. The van der Waals surface area contributed by atoms with Crippen molar-refractivity contribution in [3.05, 3.63) is 65.4 Å². The molecule has 2 N–H and O–H groups in total. The smallest absolute Gasteiger partial charge is 0.229 e. The van der Waals surface area contributed by atoms with Crippen LogP contribution in [0.15, 0.2) is 48.5 Å². The first-order valence-corrected chi connectivity index (χ1v) is 10.9. The number of benzene rings is 2. The van der Waals surface area contributed by atoms with Gasteiger partial charge in [-0.3, -0.25) is 4.79 Å². The Morgan fingerprint density at radius 2 is 1.77 bits per heavy atom. The molecule has 160 valence electrons. The first-order valence-electron chi connectivity index (χ1n) is 10.9. The summed E-state index contributed by atoms with van der Waals surface area (Å²) < 4.78 is 5.51. The fourth-order valence-corrected chi connectivity index (χ4v) is 3.92. The summed E-state index contributed by atoms with van der Waals surface area (Å²) in [7, 11) is 0. The fraction of sp³-hybridized carbons (Fsp3) is 0.320. The SMILES string of the molecule is CCOc1ccc(Nc2nc3c(c(Nc4ccccc4CC)n2)C(=O)CC(C)C3)cc1. The summed E-state index contributed by atoms with van der Waals surface area (Å²) in [6, 6.07) is 15.8. The summed E-state index contributed by atoms with van der Waals surface area (Å²) in [5, 5.41) is 6.70. The van der Waals surface area contributed by atoms with Crippen LogP contribution in [0.5, 0.6) is 5.75 Å². The van der Waals surface area contributed by atoms with Gasteiger partial charge in [0.15, 0.2) is 5.78 Å². The first kappa shape index (κ1) is 20.8. The van der Waals surface area contributed by atoms with E-state index in [4.69, 9.17) is 14.7 Å². The number of anilines is 4. The number of rotatable bonds is 7. The van der Waals surface area contributed by atoms with E-state index in [0.717, 1.165) is 35.7 Å². The zero-order valence-electron chi connectivity index (χ0n) is 18.2. The van der Waals surface area contributed by atoms with Crippen LogP contribution in [0, 0.1) is 5.92 Å². The Balaban J connectivity index is 1.71. The fourth-order valence-electron chi connectivity index (χ4n) is 3.92. The van der Waals surface area contributed by atoms with Crippen molar-refractivity contribution in [3.8, 4) is 5.75 Å². The minimum Gasteiger partial charge on any atom is -0.494 e. The summed E-state index contributed by atoms with van der Waals surface area (Å²) >= 11 is 0. The molecule has 2 aromatic carbocycles. The topological polar surface area (TPSA) is 76.1 Å². The molecule has 1 aromatic heterocycles. The van der Waals surface area contributed by atoms with Gasteiger partial charge in [-0.05, 0) is 61.6 Å². The molecule has 0 radical (unpaired) electrons. The average Bonchev–Trinajstić information content (AvgIpc) is 2.75. The Bertz CT molecular complexity index is 1080. The van der Waals surface area contributed by atoms with Gasteiger partial charge in [0, 0.05) is 17.8 Å². The number of aryl methyl sites for hydroxylation is 1. The van der Waals surface area contributed by atoms with E-state index in [2.05, 4.69) is 30.5 Å². The summed E-state index contributed by atoms with van der Waals surface area (Å²) in [5.74, 6) is 2.22. The quantitative estimate of drug-likeness (QED) is 0.515. The second-order valence-electron chi connectivity index (χ2n) is 7.87. The van der Waals surface area contributed by atoms with Gasteiger partial charge in [-0.1, -0.05) is 32.0 Å². The van der Waals surface area contributed by atoms with E-state index in [0.29, 0.717) is 30.4 Å². The minimum absolute atomic E-state index is 0.0952. The van der Waals surface area contributed by atoms with Crippen molar-refractivity contribution in [3.63, 3.8) is 0 Å². The van der Waals surface area contributed by atoms with E-state index in [1.54, 1.807) is 0 Å². The van der Waals surface area contributed by atoms with Crippen molar-refractivity contribution in [2.75, 3.05) is 17.2 Å². The Hall–Kier alpha value is -3.41. The normalized spacial score (nSPS) is 15.3. The van der Waals surface area contributed by atoms with Crippen LogP contribution in [-0.2, 0) is 12.8 Å². The maximum Gasteiger partial charge on any atom is 0.229 e. The number of carbonyl (C=O) groups excluding carboxylic acids is 1. The number of carbonyl (C=O) groups is 1. The van der Waals surface area contributed by atoms with E-state index in [1.807, 2.05) is 49.4 Å². The standard InChI is InChI=1S/C25H28N4O2/c1-4-17-8-6-7-9-20(17)27-24-23-21(14-16(3)15-22(23)30)28-25(29-24)26-18-10-12-19(13-11-18)31-5-2/h6-13,16H,4-5,14-15H2,1-3H3,(H2,26,27,28,29). The Labute approximate surface area is 183 Å². The molecule has 0 bridgehead atoms. The molecular weight excluding hydrogens is 388 g/mol. The number of Topliss-reactive ketones (excluding diaryl/α,β-unsaturated/α-hetero) is 1. The Morgan fingerprint density at radius 3 is 2.52 bits per heavy atom. The molecule has 3 aromatic rings. The van der Waals surface area contributed by atoms with Crippen LogP contribution in [0.2, 0.25) is 0 Å². The Morgan fingerprint density at radius 1 is 1.00 bits per heavy atom. The number of ether oxygens (including phenoxy) is 1. The summed E-state index contributed by atoms with van der Waals surface area (Å²) in [6.07, 6.45) is 2.16. The molecule has 0 saturated carbocycles. The molecule has 6 heteroatoms. The van der Waals surface area contributed by atoms with Gasteiger partial charge in [0.2, 0.25) is 5.95 Å². The number of aromatic nitrogens is 2. The third kappa shape index (κ3) is 4.68. The lowest BCUT2D eigenvalue weighted by atomic mass is 9.87. The van der Waals surface area contributed by atoms with Crippen molar-refractivity contribution < 1.29 is 9.53 Å². The summed E-state index contributed by atoms with van der Waals surface area (Å²) in [5.41, 5.74) is 4.40. The van der Waals surface area contributed by atoms with Gasteiger partial charge in [-0.2, -0.15) is 4.98 Å². The maximum atomic E-state index is 12.9. The summed E-state index contributed by atoms with van der Waals surface area (Å²) in [4.78, 5) is 22.3. The highest BCUT2D eigenvalue weighted by molar-refractivity contribution is 6.03. The lowest BCUT2D eigenvalue weighted by molar-refractivity contribution is 0.0952. The van der Waals surface area contributed by atoms with Gasteiger partial charge in [0.1, 0.15) is 11.6 Å². The van der Waals surface area contributed by atoms with Crippen LogP contribution in [0.25, 0.3) is 0 Å². The van der Waals surface area contributed by atoms with Crippen molar-refractivity contribution in [2.45, 2.75) is 40.0 Å². The number of hydrogen-bond acceptors (Lipinski definition) is 6. The highest BCUT2D eigenvalue weighted by Gasteiger charge is 2.28. The van der Waals surface area contributed by atoms with Gasteiger partial charge < -0.3 is 15.4 Å². The molecule has 0 saturated heterocycles. The lowest BCUT2D eigenvalue weighted by Gasteiger charge is -2.23. The van der Waals surface area contributed by atoms with Crippen LogP contribution < -0.4 is 15.4 Å². The van der Waals surface area contributed by atoms with Gasteiger partial charge in [-0.15, -0.1) is 0 Å². The first-order chi connectivity index (χ1) is 15.1. The molecule has 1 unspecified atom stereocenters. The molecular formula is C25H28N4O2. The lowest BCUT2D eigenvalue weighted by Crippen LogP contribution is -2.22. The zero-order chi connectivity index (χ0) is 21.8. The van der Waals surface area contributed by atoms with E-state index in [-0.39, 0.29) is 11.7 Å². The molecule has 4 rings (SSSR count).